The fourth-order valence-corrected chi connectivity index (χ4v) is 3.46. The number of rotatable bonds is 10. The lowest BCUT2D eigenvalue weighted by Gasteiger charge is -2.17. The van der Waals surface area contributed by atoms with Gasteiger partial charge in [-0.3, -0.25) is 14.9 Å². The molecule has 3 N–H and O–H groups in total. The number of benzene rings is 1. The summed E-state index contributed by atoms with van der Waals surface area (Å²) in [5.41, 5.74) is 0.416. The Kier molecular flexibility index (Phi) is 9.88. The monoisotopic (exact) mass is 449 g/mol. The zero-order valence-corrected chi connectivity index (χ0v) is 18.0. The third-order valence-corrected chi connectivity index (χ3v) is 5.36. The van der Waals surface area contributed by atoms with Crippen molar-refractivity contribution in [2.45, 2.75) is 19.0 Å². The van der Waals surface area contributed by atoms with Crippen molar-refractivity contribution in [3.05, 3.63) is 58.3 Å². The van der Waals surface area contributed by atoms with Crippen molar-refractivity contribution in [1.29, 1.82) is 0 Å². The molecule has 0 unspecified atom stereocenters. The molecule has 1 atom stereocenters. The minimum absolute atomic E-state index is 0.291. The Balaban J connectivity index is 1.80. The van der Waals surface area contributed by atoms with Crippen molar-refractivity contribution >= 4 is 46.9 Å². The molecule has 0 fully saturated rings. The summed E-state index contributed by atoms with van der Waals surface area (Å²) in [6.07, 6.45) is 2.23. The fourth-order valence-electron chi connectivity index (χ4n) is 2.34. The molecular formula is C20H23N3O5S2. The fraction of sp³-hybridized carbons (Fsp3) is 0.300. The number of esters is 1. The average molecular weight is 450 g/mol. The van der Waals surface area contributed by atoms with Crippen LogP contribution in [0.15, 0.2) is 47.8 Å². The number of thioether (sulfide) groups is 1. The zero-order valence-electron chi connectivity index (χ0n) is 16.4. The van der Waals surface area contributed by atoms with Gasteiger partial charge in [0.2, 0.25) is 0 Å². The number of nitrogens with one attached hydrogen (secondary N) is 3. The van der Waals surface area contributed by atoms with E-state index in [0.717, 1.165) is 4.88 Å². The molecule has 30 heavy (non-hydrogen) atoms. The van der Waals surface area contributed by atoms with E-state index in [1.54, 1.807) is 30.3 Å². The minimum atomic E-state index is -0.898. The van der Waals surface area contributed by atoms with Crippen LogP contribution in [0.1, 0.15) is 21.7 Å². The molecule has 4 amide bonds. The molecular weight excluding hydrogens is 426 g/mol. The lowest BCUT2D eigenvalue weighted by atomic mass is 10.1. The van der Waals surface area contributed by atoms with Crippen LogP contribution in [0, 0.1) is 0 Å². The molecule has 0 aliphatic rings. The van der Waals surface area contributed by atoms with E-state index in [0.29, 0.717) is 24.3 Å². The van der Waals surface area contributed by atoms with Gasteiger partial charge in [0.05, 0.1) is 6.54 Å². The van der Waals surface area contributed by atoms with Crippen LogP contribution in [-0.2, 0) is 20.9 Å². The van der Waals surface area contributed by atoms with Gasteiger partial charge in [0.1, 0.15) is 6.04 Å². The normalized spacial score (nSPS) is 11.2. The van der Waals surface area contributed by atoms with Gasteiger partial charge in [0.15, 0.2) is 6.61 Å². The third kappa shape index (κ3) is 8.26. The molecule has 1 aromatic heterocycles. The first-order valence-corrected chi connectivity index (χ1v) is 11.4. The standard InChI is InChI=1S/C20H23N3O5S2/c1-29-11-9-16(22-18(25)14-6-3-2-4-7-14)19(26)28-13-17(24)23-20(27)21-12-15-8-5-10-30-15/h2-8,10,16H,9,11-13H2,1H3,(H,22,25)(H2,21,23,24,27)/t16-/m0/s1. The predicted molar refractivity (Wildman–Crippen MR) is 116 cm³/mol. The number of ether oxygens (including phenoxy) is 1. The Bertz CT molecular complexity index is 843. The quantitative estimate of drug-likeness (QED) is 0.479. The minimum Gasteiger partial charge on any atom is -0.454 e. The first kappa shape index (κ1) is 23.4. The summed E-state index contributed by atoms with van der Waals surface area (Å²) >= 11 is 2.99. The van der Waals surface area contributed by atoms with E-state index in [9.17, 15) is 19.2 Å². The number of urea groups is 1. The van der Waals surface area contributed by atoms with Crippen molar-refractivity contribution in [2.24, 2.45) is 0 Å². The highest BCUT2D eigenvalue weighted by molar-refractivity contribution is 7.98. The van der Waals surface area contributed by atoms with Gasteiger partial charge in [-0.25, -0.2) is 9.59 Å². The third-order valence-electron chi connectivity index (χ3n) is 3.84. The molecule has 0 saturated heterocycles. The maximum absolute atomic E-state index is 12.4. The Morgan fingerprint density at radius 2 is 1.87 bits per heavy atom. The molecule has 0 bridgehead atoms. The summed E-state index contributed by atoms with van der Waals surface area (Å²) in [7, 11) is 0. The Labute approximate surface area is 182 Å². The highest BCUT2D eigenvalue weighted by Crippen LogP contribution is 2.07. The second-order valence-electron chi connectivity index (χ2n) is 6.09. The molecule has 0 saturated carbocycles. The summed E-state index contributed by atoms with van der Waals surface area (Å²) < 4.78 is 5.00. The second kappa shape index (κ2) is 12.7. The summed E-state index contributed by atoms with van der Waals surface area (Å²) in [6.45, 7) is -0.332. The molecule has 0 radical (unpaired) electrons. The van der Waals surface area contributed by atoms with Gasteiger partial charge in [-0.15, -0.1) is 11.3 Å². The molecule has 10 heteroatoms. The SMILES string of the molecule is CSCC[C@H](NC(=O)c1ccccc1)C(=O)OCC(=O)NC(=O)NCc1cccs1. The van der Waals surface area contributed by atoms with Crippen molar-refractivity contribution < 1.29 is 23.9 Å². The van der Waals surface area contributed by atoms with E-state index in [-0.39, 0.29) is 0 Å². The van der Waals surface area contributed by atoms with Gasteiger partial charge in [0.25, 0.3) is 11.8 Å². The topological polar surface area (TPSA) is 114 Å². The lowest BCUT2D eigenvalue weighted by Crippen LogP contribution is -2.45. The van der Waals surface area contributed by atoms with Gasteiger partial charge < -0.3 is 15.4 Å². The summed E-state index contributed by atoms with van der Waals surface area (Å²) in [5.74, 6) is -1.28. The van der Waals surface area contributed by atoms with Gasteiger partial charge in [0, 0.05) is 10.4 Å². The molecule has 0 spiro atoms. The smallest absolute Gasteiger partial charge is 0.329 e. The predicted octanol–water partition coefficient (Wildman–Crippen LogP) is 2.17. The Morgan fingerprint density at radius 1 is 1.10 bits per heavy atom. The van der Waals surface area contributed by atoms with Crippen molar-refractivity contribution in [3.8, 4) is 0 Å². The highest BCUT2D eigenvalue weighted by Gasteiger charge is 2.23. The number of hydrogen-bond donors (Lipinski definition) is 3. The Morgan fingerprint density at radius 3 is 2.53 bits per heavy atom. The molecule has 1 heterocycles. The lowest BCUT2D eigenvalue weighted by molar-refractivity contribution is -0.150. The van der Waals surface area contributed by atoms with Crippen LogP contribution < -0.4 is 16.0 Å². The van der Waals surface area contributed by atoms with Crippen molar-refractivity contribution in [2.75, 3.05) is 18.6 Å². The second-order valence-corrected chi connectivity index (χ2v) is 8.11. The molecule has 1 aromatic carbocycles. The van der Waals surface area contributed by atoms with Crippen LogP contribution in [-0.4, -0.2) is 48.5 Å². The van der Waals surface area contributed by atoms with Crippen LogP contribution in [0.3, 0.4) is 0 Å². The number of amides is 4. The molecule has 8 nitrogen and oxygen atoms in total. The van der Waals surface area contributed by atoms with Crippen LogP contribution >= 0.6 is 23.1 Å². The van der Waals surface area contributed by atoms with Crippen LogP contribution in [0.2, 0.25) is 0 Å². The molecule has 2 rings (SSSR count). The maximum Gasteiger partial charge on any atom is 0.329 e. The maximum atomic E-state index is 12.4. The van der Waals surface area contributed by atoms with Gasteiger partial charge in [-0.1, -0.05) is 24.3 Å². The van der Waals surface area contributed by atoms with Crippen LogP contribution in [0.4, 0.5) is 4.79 Å². The largest absolute Gasteiger partial charge is 0.454 e. The van der Waals surface area contributed by atoms with Gasteiger partial charge in [-0.2, -0.15) is 11.8 Å². The number of imide groups is 1. The first-order valence-electron chi connectivity index (χ1n) is 9.11. The van der Waals surface area contributed by atoms with E-state index in [1.165, 1.54) is 23.1 Å². The van der Waals surface area contributed by atoms with E-state index >= 15 is 0 Å². The van der Waals surface area contributed by atoms with Crippen molar-refractivity contribution in [1.82, 2.24) is 16.0 Å². The first-order chi connectivity index (χ1) is 14.5. The zero-order chi connectivity index (χ0) is 21.8. The van der Waals surface area contributed by atoms with Crippen LogP contribution in [0.5, 0.6) is 0 Å². The number of carbonyl (C=O) groups is 4. The van der Waals surface area contributed by atoms with Crippen molar-refractivity contribution in [3.63, 3.8) is 0 Å². The molecule has 0 aliphatic heterocycles. The molecule has 160 valence electrons. The summed E-state index contributed by atoms with van der Waals surface area (Å²) in [5, 5.41) is 9.14. The summed E-state index contributed by atoms with van der Waals surface area (Å²) in [4.78, 5) is 49.2. The highest BCUT2D eigenvalue weighted by atomic mass is 32.2. The van der Waals surface area contributed by atoms with Gasteiger partial charge >= 0.3 is 12.0 Å². The number of carbonyl (C=O) groups excluding carboxylic acids is 4. The number of hydrogen-bond acceptors (Lipinski definition) is 7. The number of thiophene rings is 1. The molecule has 2 aromatic rings. The summed E-state index contributed by atoms with van der Waals surface area (Å²) in [6, 6.07) is 10.6. The molecule has 0 aliphatic carbocycles. The van der Waals surface area contributed by atoms with E-state index < -0.39 is 36.5 Å². The van der Waals surface area contributed by atoms with E-state index in [1.807, 2.05) is 23.8 Å². The van der Waals surface area contributed by atoms with E-state index in [4.69, 9.17) is 4.74 Å². The Hall–Kier alpha value is -2.85. The average Bonchev–Trinajstić information content (AvgIpc) is 3.27. The van der Waals surface area contributed by atoms with Gasteiger partial charge in [-0.05, 0) is 42.0 Å². The van der Waals surface area contributed by atoms with Crippen LogP contribution in [0.25, 0.3) is 0 Å². The van der Waals surface area contributed by atoms with E-state index in [2.05, 4.69) is 16.0 Å².